The molecule has 1 unspecified atom stereocenters. The Balaban J connectivity index is 1.27. The van der Waals surface area contributed by atoms with E-state index in [-0.39, 0.29) is 5.91 Å². The van der Waals surface area contributed by atoms with Crippen LogP contribution in [0.5, 0.6) is 5.75 Å². The SMILES string of the molecule is CC1CCCCN1CCc1ccc(C(=O)Nc2ccc(OC(=O)N(C)c3ccccc3)cc2)cc1. The van der Waals surface area contributed by atoms with E-state index in [4.69, 9.17) is 4.74 Å². The average molecular weight is 472 g/mol. The number of carbonyl (C=O) groups excluding carboxylic acids is 2. The topological polar surface area (TPSA) is 61.9 Å². The quantitative estimate of drug-likeness (QED) is 0.460. The van der Waals surface area contributed by atoms with Crippen molar-refractivity contribution in [1.82, 2.24) is 4.90 Å². The highest BCUT2D eigenvalue weighted by Gasteiger charge is 2.17. The number of carbonyl (C=O) groups is 2. The van der Waals surface area contributed by atoms with Crippen molar-refractivity contribution >= 4 is 23.4 Å². The molecule has 0 radical (unpaired) electrons. The molecular formula is C29H33N3O3. The van der Waals surface area contributed by atoms with E-state index in [1.54, 1.807) is 31.3 Å². The van der Waals surface area contributed by atoms with Gasteiger partial charge in [0, 0.05) is 36.6 Å². The molecule has 1 aliphatic heterocycles. The van der Waals surface area contributed by atoms with E-state index >= 15 is 0 Å². The first-order chi connectivity index (χ1) is 17.0. The van der Waals surface area contributed by atoms with Crippen LogP contribution in [-0.2, 0) is 6.42 Å². The van der Waals surface area contributed by atoms with Gasteiger partial charge in [-0.15, -0.1) is 0 Å². The minimum Gasteiger partial charge on any atom is -0.410 e. The van der Waals surface area contributed by atoms with E-state index in [1.807, 2.05) is 54.6 Å². The molecule has 2 amide bonds. The largest absolute Gasteiger partial charge is 0.419 e. The van der Waals surface area contributed by atoms with E-state index in [1.165, 1.54) is 36.3 Å². The van der Waals surface area contributed by atoms with Crippen molar-refractivity contribution in [2.24, 2.45) is 0 Å². The summed E-state index contributed by atoms with van der Waals surface area (Å²) in [5.41, 5.74) is 3.23. The fraction of sp³-hybridized carbons (Fsp3) is 0.310. The van der Waals surface area contributed by atoms with Crippen LogP contribution in [0, 0.1) is 0 Å². The van der Waals surface area contributed by atoms with Crippen molar-refractivity contribution in [1.29, 1.82) is 0 Å². The molecular weight excluding hydrogens is 438 g/mol. The molecule has 1 fully saturated rings. The van der Waals surface area contributed by atoms with Crippen LogP contribution in [0.25, 0.3) is 0 Å². The predicted octanol–water partition coefficient (Wildman–Crippen LogP) is 5.99. The summed E-state index contributed by atoms with van der Waals surface area (Å²) in [4.78, 5) is 29.0. The zero-order valence-corrected chi connectivity index (χ0v) is 20.4. The Hall–Kier alpha value is -3.64. The zero-order chi connectivity index (χ0) is 24.6. The number of nitrogens with one attached hydrogen (secondary N) is 1. The van der Waals surface area contributed by atoms with Gasteiger partial charge in [0.15, 0.2) is 0 Å². The minimum atomic E-state index is -0.484. The Morgan fingerprint density at radius 1 is 0.971 bits per heavy atom. The molecule has 0 spiro atoms. The van der Waals surface area contributed by atoms with Crippen molar-refractivity contribution in [3.63, 3.8) is 0 Å². The fourth-order valence-corrected chi connectivity index (χ4v) is 4.32. The van der Waals surface area contributed by atoms with Crippen LogP contribution in [0.15, 0.2) is 78.9 Å². The van der Waals surface area contributed by atoms with Crippen molar-refractivity contribution < 1.29 is 14.3 Å². The van der Waals surface area contributed by atoms with Gasteiger partial charge in [-0.3, -0.25) is 9.69 Å². The third-order valence-electron chi connectivity index (χ3n) is 6.58. The summed E-state index contributed by atoms with van der Waals surface area (Å²) in [6.45, 7) is 4.56. The predicted molar refractivity (Wildman–Crippen MR) is 140 cm³/mol. The monoisotopic (exact) mass is 471 g/mol. The van der Waals surface area contributed by atoms with Crippen LogP contribution in [0.1, 0.15) is 42.1 Å². The van der Waals surface area contributed by atoms with Crippen LogP contribution >= 0.6 is 0 Å². The molecule has 0 aliphatic carbocycles. The van der Waals surface area contributed by atoms with Crippen LogP contribution < -0.4 is 15.0 Å². The second-order valence-electron chi connectivity index (χ2n) is 9.07. The van der Waals surface area contributed by atoms with Crippen LogP contribution in [0.3, 0.4) is 0 Å². The lowest BCUT2D eigenvalue weighted by atomic mass is 10.0. The third kappa shape index (κ3) is 6.70. The lowest BCUT2D eigenvalue weighted by Gasteiger charge is -2.33. The Morgan fingerprint density at radius 2 is 1.69 bits per heavy atom. The number of benzene rings is 3. The van der Waals surface area contributed by atoms with Gasteiger partial charge in [0.1, 0.15) is 5.75 Å². The molecule has 182 valence electrons. The summed E-state index contributed by atoms with van der Waals surface area (Å²) in [6, 6.07) is 24.5. The van der Waals surface area contributed by atoms with E-state index in [0.29, 0.717) is 23.0 Å². The van der Waals surface area contributed by atoms with Crippen molar-refractivity contribution in [3.8, 4) is 5.75 Å². The summed E-state index contributed by atoms with van der Waals surface area (Å²) in [6.07, 6.45) is 4.42. The van der Waals surface area contributed by atoms with Gasteiger partial charge in [0.2, 0.25) is 0 Å². The summed E-state index contributed by atoms with van der Waals surface area (Å²) in [7, 11) is 1.66. The van der Waals surface area contributed by atoms with Crippen molar-refractivity contribution in [2.75, 3.05) is 30.4 Å². The average Bonchev–Trinajstić information content (AvgIpc) is 2.89. The third-order valence-corrected chi connectivity index (χ3v) is 6.58. The van der Waals surface area contributed by atoms with Crippen molar-refractivity contribution in [3.05, 3.63) is 90.0 Å². The molecule has 1 heterocycles. The lowest BCUT2D eigenvalue weighted by molar-refractivity contribution is 0.102. The molecule has 0 saturated carbocycles. The molecule has 0 bridgehead atoms. The number of nitrogens with zero attached hydrogens (tertiary/aromatic N) is 2. The van der Waals surface area contributed by atoms with Crippen LogP contribution in [0.4, 0.5) is 16.2 Å². The Morgan fingerprint density at radius 3 is 2.37 bits per heavy atom. The van der Waals surface area contributed by atoms with Gasteiger partial charge in [-0.2, -0.15) is 0 Å². The molecule has 0 aromatic heterocycles. The number of anilines is 2. The molecule has 6 nitrogen and oxygen atoms in total. The van der Waals surface area contributed by atoms with Gasteiger partial charge >= 0.3 is 6.09 Å². The maximum absolute atomic E-state index is 12.7. The highest BCUT2D eigenvalue weighted by molar-refractivity contribution is 6.04. The normalized spacial score (nSPS) is 15.9. The number of rotatable bonds is 7. The highest BCUT2D eigenvalue weighted by Crippen LogP contribution is 2.20. The molecule has 3 aromatic carbocycles. The smallest absolute Gasteiger partial charge is 0.410 e. The summed E-state index contributed by atoms with van der Waals surface area (Å²) >= 11 is 0. The highest BCUT2D eigenvalue weighted by atomic mass is 16.6. The molecule has 4 rings (SSSR count). The zero-order valence-electron chi connectivity index (χ0n) is 20.4. The number of amides is 2. The van der Waals surface area contributed by atoms with Gasteiger partial charge in [0.25, 0.3) is 5.91 Å². The Labute approximate surface area is 207 Å². The molecule has 6 heteroatoms. The first-order valence-electron chi connectivity index (χ1n) is 12.2. The number of hydrogen-bond acceptors (Lipinski definition) is 4. The number of piperidine rings is 1. The summed E-state index contributed by atoms with van der Waals surface area (Å²) in [5.74, 6) is 0.234. The molecule has 1 atom stereocenters. The lowest BCUT2D eigenvalue weighted by Crippen LogP contribution is -2.38. The van der Waals surface area contributed by atoms with Gasteiger partial charge in [-0.1, -0.05) is 36.8 Å². The van der Waals surface area contributed by atoms with E-state index in [0.717, 1.165) is 18.7 Å². The Kier molecular flexibility index (Phi) is 8.16. The molecule has 1 N–H and O–H groups in total. The number of para-hydroxylation sites is 1. The maximum Gasteiger partial charge on any atom is 0.419 e. The molecule has 35 heavy (non-hydrogen) atoms. The first-order valence-corrected chi connectivity index (χ1v) is 12.2. The van der Waals surface area contributed by atoms with Crippen LogP contribution in [0.2, 0.25) is 0 Å². The Bertz CT molecular complexity index is 1110. The maximum atomic E-state index is 12.7. The number of likely N-dealkylation sites (tertiary alicyclic amines) is 1. The second-order valence-corrected chi connectivity index (χ2v) is 9.07. The fourth-order valence-electron chi connectivity index (χ4n) is 4.32. The van der Waals surface area contributed by atoms with Crippen molar-refractivity contribution in [2.45, 2.75) is 38.6 Å². The van der Waals surface area contributed by atoms with Gasteiger partial charge in [0.05, 0.1) is 0 Å². The van der Waals surface area contributed by atoms with E-state index < -0.39 is 6.09 Å². The minimum absolute atomic E-state index is 0.172. The van der Waals surface area contributed by atoms with Gasteiger partial charge in [-0.05, 0) is 86.8 Å². The van der Waals surface area contributed by atoms with Crippen LogP contribution in [-0.4, -0.2) is 43.1 Å². The standard InChI is InChI=1S/C29H33N3O3/c1-22-8-6-7-20-32(22)21-19-23-11-13-24(14-12-23)28(33)30-25-15-17-27(18-16-25)35-29(34)31(2)26-9-4-3-5-10-26/h3-5,9-18,22H,6-8,19-21H2,1-2H3,(H,30,33). The van der Waals surface area contributed by atoms with Gasteiger partial charge in [-0.25, -0.2) is 4.79 Å². The van der Waals surface area contributed by atoms with E-state index in [9.17, 15) is 9.59 Å². The summed E-state index contributed by atoms with van der Waals surface area (Å²) in [5, 5.41) is 2.90. The molecule has 1 saturated heterocycles. The second kappa shape index (κ2) is 11.7. The molecule has 3 aromatic rings. The number of hydrogen-bond donors (Lipinski definition) is 1. The van der Waals surface area contributed by atoms with Gasteiger partial charge < -0.3 is 15.0 Å². The number of ether oxygens (including phenoxy) is 1. The summed E-state index contributed by atoms with van der Waals surface area (Å²) < 4.78 is 5.43. The molecule has 1 aliphatic rings. The van der Waals surface area contributed by atoms with E-state index in [2.05, 4.69) is 17.1 Å². The first kappa shape index (κ1) is 24.5.